The molecule has 0 aromatic carbocycles. The molecule has 0 bridgehead atoms. The van der Waals surface area contributed by atoms with Crippen molar-refractivity contribution in [3.8, 4) is 0 Å². The number of hydrogen-bond donors (Lipinski definition) is 0. The Balaban J connectivity index is 2.06. The van der Waals surface area contributed by atoms with Gasteiger partial charge in [-0.15, -0.1) is 0 Å². The molecule has 6 heteroatoms. The maximum Gasteiger partial charge on any atom is 0.341 e. The maximum absolute atomic E-state index is 11.4. The number of carbonyl (C=O) groups is 1. The van der Waals surface area contributed by atoms with E-state index in [1.165, 1.54) is 6.20 Å². The summed E-state index contributed by atoms with van der Waals surface area (Å²) in [6, 6.07) is 0. The number of esters is 1. The fourth-order valence-electron chi connectivity index (χ4n) is 1.51. The summed E-state index contributed by atoms with van der Waals surface area (Å²) in [4.78, 5) is 11.4. The summed E-state index contributed by atoms with van der Waals surface area (Å²) in [5.74, 6) is -0.343. The molecule has 0 amide bonds. The summed E-state index contributed by atoms with van der Waals surface area (Å²) in [7, 11) is 1.86. The van der Waals surface area contributed by atoms with Crippen molar-refractivity contribution in [2.24, 2.45) is 7.05 Å². The molecule has 0 radical (unpaired) electrons. The highest BCUT2D eigenvalue weighted by Crippen LogP contribution is 2.04. The molecule has 2 aromatic heterocycles. The lowest BCUT2D eigenvalue weighted by molar-refractivity contribution is 0.0526. The molecule has 0 N–H and O–H groups in total. The van der Waals surface area contributed by atoms with Crippen LogP contribution in [0.3, 0.4) is 0 Å². The number of rotatable bonds is 4. The number of hydrogen-bond acceptors (Lipinski definition) is 4. The molecule has 0 saturated heterocycles. The predicted molar refractivity (Wildman–Crippen MR) is 60.5 cm³/mol. The Hall–Kier alpha value is -2.11. The van der Waals surface area contributed by atoms with Crippen LogP contribution in [0.2, 0.25) is 0 Å². The van der Waals surface area contributed by atoms with Gasteiger partial charge in [-0.05, 0) is 6.92 Å². The van der Waals surface area contributed by atoms with Gasteiger partial charge in [0.15, 0.2) is 0 Å². The number of aryl methyl sites for hydroxylation is 1. The van der Waals surface area contributed by atoms with Gasteiger partial charge in [0.05, 0.1) is 31.1 Å². The molecule has 0 unspecified atom stereocenters. The summed E-state index contributed by atoms with van der Waals surface area (Å²) in [6.07, 6.45) is 6.86. The second-order valence-electron chi connectivity index (χ2n) is 3.67. The van der Waals surface area contributed by atoms with Crippen LogP contribution in [0.5, 0.6) is 0 Å². The van der Waals surface area contributed by atoms with Crippen LogP contribution >= 0.6 is 0 Å². The molecule has 2 aromatic rings. The van der Waals surface area contributed by atoms with E-state index in [-0.39, 0.29) is 5.97 Å². The third-order valence-electron chi connectivity index (χ3n) is 2.25. The highest BCUT2D eigenvalue weighted by atomic mass is 16.5. The van der Waals surface area contributed by atoms with Gasteiger partial charge < -0.3 is 4.74 Å². The second kappa shape index (κ2) is 4.82. The van der Waals surface area contributed by atoms with Gasteiger partial charge in [-0.3, -0.25) is 9.36 Å². The molecule has 0 spiro atoms. The minimum atomic E-state index is -0.343. The van der Waals surface area contributed by atoms with Gasteiger partial charge in [-0.2, -0.15) is 10.2 Å². The topological polar surface area (TPSA) is 61.9 Å². The second-order valence-corrected chi connectivity index (χ2v) is 3.67. The van der Waals surface area contributed by atoms with Crippen molar-refractivity contribution in [3.05, 3.63) is 35.9 Å². The smallest absolute Gasteiger partial charge is 0.341 e. The molecule has 0 aliphatic heterocycles. The van der Waals surface area contributed by atoms with Gasteiger partial charge in [0.25, 0.3) is 0 Å². The van der Waals surface area contributed by atoms with Crippen LogP contribution in [-0.4, -0.2) is 32.1 Å². The summed E-state index contributed by atoms with van der Waals surface area (Å²) < 4.78 is 8.30. The van der Waals surface area contributed by atoms with Gasteiger partial charge in [-0.25, -0.2) is 4.79 Å². The standard InChI is InChI=1S/C11H14N4O2/c1-3-17-11(16)10-5-13-15(8-10)7-9-4-12-14(2)6-9/h4-6,8H,3,7H2,1-2H3. The summed E-state index contributed by atoms with van der Waals surface area (Å²) in [5, 5.41) is 8.17. The molecule has 2 heterocycles. The van der Waals surface area contributed by atoms with Crippen molar-refractivity contribution < 1.29 is 9.53 Å². The van der Waals surface area contributed by atoms with E-state index in [4.69, 9.17) is 4.74 Å². The number of nitrogens with zero attached hydrogens (tertiary/aromatic N) is 4. The van der Waals surface area contributed by atoms with Crippen LogP contribution in [0, 0.1) is 0 Å². The molecule has 0 aliphatic rings. The van der Waals surface area contributed by atoms with Crippen LogP contribution in [-0.2, 0) is 18.3 Å². The lowest BCUT2D eigenvalue weighted by atomic mass is 10.3. The molecule has 90 valence electrons. The van der Waals surface area contributed by atoms with E-state index in [0.29, 0.717) is 18.7 Å². The van der Waals surface area contributed by atoms with E-state index in [2.05, 4.69) is 10.2 Å². The highest BCUT2D eigenvalue weighted by molar-refractivity contribution is 5.88. The van der Waals surface area contributed by atoms with Crippen molar-refractivity contribution in [1.29, 1.82) is 0 Å². The fourth-order valence-corrected chi connectivity index (χ4v) is 1.51. The Morgan fingerprint density at radius 2 is 2.18 bits per heavy atom. The molecular formula is C11H14N4O2. The fraction of sp³-hybridized carbons (Fsp3) is 0.364. The molecule has 0 saturated carbocycles. The molecular weight excluding hydrogens is 220 g/mol. The largest absolute Gasteiger partial charge is 0.462 e. The number of aromatic nitrogens is 4. The Morgan fingerprint density at radius 1 is 1.35 bits per heavy atom. The van der Waals surface area contributed by atoms with Crippen molar-refractivity contribution in [2.75, 3.05) is 6.61 Å². The Morgan fingerprint density at radius 3 is 2.82 bits per heavy atom. The minimum Gasteiger partial charge on any atom is -0.462 e. The molecule has 0 fully saturated rings. The Kier molecular flexibility index (Phi) is 3.22. The molecule has 6 nitrogen and oxygen atoms in total. The average molecular weight is 234 g/mol. The zero-order valence-corrected chi connectivity index (χ0v) is 9.83. The first-order chi connectivity index (χ1) is 8.19. The zero-order valence-electron chi connectivity index (χ0n) is 9.83. The van der Waals surface area contributed by atoms with Crippen molar-refractivity contribution in [3.63, 3.8) is 0 Å². The first-order valence-corrected chi connectivity index (χ1v) is 5.36. The van der Waals surface area contributed by atoms with E-state index in [1.807, 2.05) is 13.2 Å². The summed E-state index contributed by atoms with van der Waals surface area (Å²) in [5.41, 5.74) is 1.50. The zero-order chi connectivity index (χ0) is 12.3. The predicted octanol–water partition coefficient (Wildman–Crippen LogP) is 0.842. The van der Waals surface area contributed by atoms with Gasteiger partial charge >= 0.3 is 5.97 Å². The summed E-state index contributed by atoms with van der Waals surface area (Å²) >= 11 is 0. The van der Waals surface area contributed by atoms with E-state index in [9.17, 15) is 4.79 Å². The Bertz CT molecular complexity index is 515. The normalized spacial score (nSPS) is 10.5. The van der Waals surface area contributed by atoms with Crippen LogP contribution in [0.4, 0.5) is 0 Å². The monoisotopic (exact) mass is 234 g/mol. The minimum absolute atomic E-state index is 0.343. The number of carbonyl (C=O) groups excluding carboxylic acids is 1. The number of ether oxygens (including phenoxy) is 1. The van der Waals surface area contributed by atoms with E-state index >= 15 is 0 Å². The van der Waals surface area contributed by atoms with Crippen molar-refractivity contribution in [2.45, 2.75) is 13.5 Å². The molecule has 0 atom stereocenters. The molecule has 17 heavy (non-hydrogen) atoms. The third kappa shape index (κ3) is 2.72. The van der Waals surface area contributed by atoms with E-state index in [1.54, 1.807) is 28.7 Å². The van der Waals surface area contributed by atoms with Crippen molar-refractivity contribution in [1.82, 2.24) is 19.6 Å². The first-order valence-electron chi connectivity index (χ1n) is 5.36. The average Bonchev–Trinajstić information content (AvgIpc) is 2.89. The van der Waals surface area contributed by atoms with Gasteiger partial charge in [0.1, 0.15) is 0 Å². The first kappa shape index (κ1) is 11.4. The lowest BCUT2D eigenvalue weighted by Crippen LogP contribution is -2.03. The van der Waals surface area contributed by atoms with Gasteiger partial charge in [0.2, 0.25) is 0 Å². The van der Waals surface area contributed by atoms with Crippen molar-refractivity contribution >= 4 is 5.97 Å². The van der Waals surface area contributed by atoms with Gasteiger partial charge in [-0.1, -0.05) is 0 Å². The van der Waals surface area contributed by atoms with E-state index in [0.717, 1.165) is 5.56 Å². The van der Waals surface area contributed by atoms with E-state index < -0.39 is 0 Å². The highest BCUT2D eigenvalue weighted by Gasteiger charge is 2.09. The van der Waals surface area contributed by atoms with Crippen LogP contribution in [0.15, 0.2) is 24.8 Å². The van der Waals surface area contributed by atoms with Crippen LogP contribution < -0.4 is 0 Å². The quantitative estimate of drug-likeness (QED) is 0.735. The Labute approximate surface area is 98.8 Å². The SMILES string of the molecule is CCOC(=O)c1cnn(Cc2cnn(C)c2)c1. The van der Waals surface area contributed by atoms with Gasteiger partial charge in [0, 0.05) is 25.0 Å². The lowest BCUT2D eigenvalue weighted by Gasteiger charge is -1.98. The molecule has 0 aliphatic carbocycles. The van der Waals surface area contributed by atoms with Crippen LogP contribution in [0.25, 0.3) is 0 Å². The summed E-state index contributed by atoms with van der Waals surface area (Å²) in [6.45, 7) is 2.73. The maximum atomic E-state index is 11.4. The molecule has 2 rings (SSSR count). The van der Waals surface area contributed by atoms with Crippen LogP contribution in [0.1, 0.15) is 22.8 Å². The third-order valence-corrected chi connectivity index (χ3v) is 2.25.